The number of nitrogens with zero attached hydrogens (tertiary/aromatic N) is 3. The molecule has 134 valence electrons. The van der Waals surface area contributed by atoms with Crippen LogP contribution >= 0.6 is 0 Å². The summed E-state index contributed by atoms with van der Waals surface area (Å²) in [5.74, 6) is 0.917. The van der Waals surface area contributed by atoms with Gasteiger partial charge in [0.25, 0.3) is 0 Å². The van der Waals surface area contributed by atoms with Gasteiger partial charge < -0.3 is 9.84 Å². The maximum atomic E-state index is 12.3. The molecule has 0 spiro atoms. The van der Waals surface area contributed by atoms with Gasteiger partial charge >= 0.3 is 0 Å². The number of hydrogen-bond donors (Lipinski definition) is 1. The molecule has 6 nitrogen and oxygen atoms in total. The molecule has 3 rings (SSSR count). The van der Waals surface area contributed by atoms with Crippen molar-refractivity contribution in [2.24, 2.45) is 0 Å². The van der Waals surface area contributed by atoms with Gasteiger partial charge in [-0.1, -0.05) is 48.8 Å². The number of amides is 1. The molecule has 0 radical (unpaired) electrons. The van der Waals surface area contributed by atoms with Crippen LogP contribution in [0, 0.1) is 0 Å². The fourth-order valence-corrected chi connectivity index (χ4v) is 2.75. The molecule has 6 heteroatoms. The van der Waals surface area contributed by atoms with Gasteiger partial charge in [-0.05, 0) is 24.1 Å². The zero-order valence-corrected chi connectivity index (χ0v) is 14.8. The minimum Gasteiger partial charge on any atom is -0.349 e. The van der Waals surface area contributed by atoms with Gasteiger partial charge in [0, 0.05) is 30.8 Å². The van der Waals surface area contributed by atoms with Gasteiger partial charge in [-0.2, -0.15) is 4.98 Å². The summed E-state index contributed by atoms with van der Waals surface area (Å²) in [6, 6.07) is 13.7. The van der Waals surface area contributed by atoms with Crippen LogP contribution in [0.1, 0.15) is 43.7 Å². The Morgan fingerprint density at radius 1 is 1.19 bits per heavy atom. The van der Waals surface area contributed by atoms with Crippen LogP contribution in [0.3, 0.4) is 0 Å². The third-order valence-corrected chi connectivity index (χ3v) is 4.07. The fourth-order valence-electron chi connectivity index (χ4n) is 2.75. The molecule has 0 aliphatic carbocycles. The third-order valence-electron chi connectivity index (χ3n) is 4.07. The summed E-state index contributed by atoms with van der Waals surface area (Å²) in [7, 11) is 0. The van der Waals surface area contributed by atoms with Crippen molar-refractivity contribution in [3.8, 4) is 11.4 Å². The molecule has 0 fully saturated rings. The maximum Gasteiger partial charge on any atom is 0.227 e. The highest BCUT2D eigenvalue weighted by Crippen LogP contribution is 2.19. The molecule has 0 saturated carbocycles. The Morgan fingerprint density at radius 3 is 2.77 bits per heavy atom. The second-order valence-electron chi connectivity index (χ2n) is 6.07. The Morgan fingerprint density at radius 2 is 2.04 bits per heavy atom. The van der Waals surface area contributed by atoms with E-state index in [9.17, 15) is 4.79 Å². The van der Waals surface area contributed by atoms with Crippen molar-refractivity contribution < 1.29 is 9.32 Å². The molecule has 1 atom stereocenters. The zero-order chi connectivity index (χ0) is 18.2. The quantitative estimate of drug-likeness (QED) is 0.669. The second kappa shape index (κ2) is 8.89. The normalized spacial score (nSPS) is 11.9. The molecule has 0 saturated heterocycles. The molecule has 1 unspecified atom stereocenters. The van der Waals surface area contributed by atoms with E-state index in [1.165, 1.54) is 0 Å². The second-order valence-corrected chi connectivity index (χ2v) is 6.07. The van der Waals surface area contributed by atoms with Crippen molar-refractivity contribution >= 4 is 5.91 Å². The molecule has 1 N–H and O–H groups in total. The van der Waals surface area contributed by atoms with Crippen molar-refractivity contribution in [2.45, 2.75) is 38.6 Å². The molecule has 0 aliphatic rings. The first kappa shape index (κ1) is 17.8. The third kappa shape index (κ3) is 4.75. The summed E-state index contributed by atoms with van der Waals surface area (Å²) in [6.45, 7) is 2.11. The van der Waals surface area contributed by atoms with E-state index in [0.29, 0.717) is 24.6 Å². The summed E-state index contributed by atoms with van der Waals surface area (Å²) in [5.41, 5.74) is 1.92. The van der Waals surface area contributed by atoms with Gasteiger partial charge in [0.1, 0.15) is 0 Å². The van der Waals surface area contributed by atoms with E-state index in [1.54, 1.807) is 12.4 Å². The SMILES string of the molecule is CCCC(NC(=O)CCc1nc(-c2cccnc2)no1)c1ccccc1. The highest BCUT2D eigenvalue weighted by Gasteiger charge is 2.15. The summed E-state index contributed by atoms with van der Waals surface area (Å²) in [4.78, 5) is 20.7. The molecular formula is C20H22N4O2. The average molecular weight is 350 g/mol. The lowest BCUT2D eigenvalue weighted by atomic mass is 10.0. The van der Waals surface area contributed by atoms with Crippen molar-refractivity contribution in [1.82, 2.24) is 20.4 Å². The van der Waals surface area contributed by atoms with E-state index in [0.717, 1.165) is 24.0 Å². The summed E-state index contributed by atoms with van der Waals surface area (Å²) < 4.78 is 5.24. The van der Waals surface area contributed by atoms with Gasteiger partial charge in [-0.25, -0.2) is 0 Å². The molecular weight excluding hydrogens is 328 g/mol. The standard InChI is InChI=1S/C20H22N4O2/c1-2-7-17(15-8-4-3-5-9-15)22-18(25)11-12-19-23-20(24-26-19)16-10-6-13-21-14-16/h3-6,8-10,13-14,17H,2,7,11-12H2,1H3,(H,22,25). The van der Waals surface area contributed by atoms with Gasteiger partial charge in [0.2, 0.25) is 17.6 Å². The molecule has 0 bridgehead atoms. The molecule has 1 amide bonds. The van der Waals surface area contributed by atoms with E-state index in [-0.39, 0.29) is 11.9 Å². The minimum absolute atomic E-state index is 0.0200. The number of carbonyl (C=O) groups is 1. The number of aryl methyl sites for hydroxylation is 1. The first-order valence-corrected chi connectivity index (χ1v) is 8.83. The Labute approximate surface area is 152 Å². The first-order chi connectivity index (χ1) is 12.8. The van der Waals surface area contributed by atoms with Crippen molar-refractivity contribution in [3.63, 3.8) is 0 Å². The molecule has 1 aromatic carbocycles. The van der Waals surface area contributed by atoms with E-state index >= 15 is 0 Å². The highest BCUT2D eigenvalue weighted by molar-refractivity contribution is 5.76. The Hall–Kier alpha value is -3.02. The van der Waals surface area contributed by atoms with E-state index in [4.69, 9.17) is 4.52 Å². The van der Waals surface area contributed by atoms with E-state index < -0.39 is 0 Å². The van der Waals surface area contributed by atoms with Crippen LogP contribution in [0.15, 0.2) is 59.4 Å². The predicted octanol–water partition coefficient (Wildman–Crippen LogP) is 3.72. The van der Waals surface area contributed by atoms with E-state index in [2.05, 4.69) is 27.4 Å². The number of pyridine rings is 1. The largest absolute Gasteiger partial charge is 0.349 e. The fraction of sp³-hybridized carbons (Fsp3) is 0.300. The lowest BCUT2D eigenvalue weighted by Gasteiger charge is -2.18. The smallest absolute Gasteiger partial charge is 0.227 e. The highest BCUT2D eigenvalue weighted by atomic mass is 16.5. The maximum absolute atomic E-state index is 12.3. The number of nitrogens with one attached hydrogen (secondary N) is 1. The molecule has 2 heterocycles. The monoisotopic (exact) mass is 350 g/mol. The molecule has 26 heavy (non-hydrogen) atoms. The summed E-state index contributed by atoms with van der Waals surface area (Å²) in [5, 5.41) is 7.05. The van der Waals surface area contributed by atoms with Gasteiger partial charge in [0.15, 0.2) is 0 Å². The van der Waals surface area contributed by atoms with Gasteiger partial charge in [-0.3, -0.25) is 9.78 Å². The lowest BCUT2D eigenvalue weighted by Crippen LogP contribution is -2.28. The number of aromatic nitrogens is 3. The molecule has 3 aromatic rings. The van der Waals surface area contributed by atoms with Crippen molar-refractivity contribution in [1.29, 1.82) is 0 Å². The topological polar surface area (TPSA) is 80.9 Å². The average Bonchev–Trinajstić information content (AvgIpc) is 3.17. The minimum atomic E-state index is -0.0200. The first-order valence-electron chi connectivity index (χ1n) is 8.83. The van der Waals surface area contributed by atoms with Crippen LogP contribution in [-0.4, -0.2) is 21.0 Å². The lowest BCUT2D eigenvalue weighted by molar-refractivity contribution is -0.122. The zero-order valence-electron chi connectivity index (χ0n) is 14.8. The van der Waals surface area contributed by atoms with Crippen LogP contribution in [0.4, 0.5) is 0 Å². The van der Waals surface area contributed by atoms with Crippen LogP contribution in [-0.2, 0) is 11.2 Å². The molecule has 0 aliphatic heterocycles. The number of hydrogen-bond acceptors (Lipinski definition) is 5. The van der Waals surface area contributed by atoms with Gasteiger partial charge in [0.05, 0.1) is 6.04 Å². The Kier molecular flexibility index (Phi) is 6.09. The molecule has 2 aromatic heterocycles. The van der Waals surface area contributed by atoms with E-state index in [1.807, 2.05) is 42.5 Å². The number of rotatable bonds is 8. The van der Waals surface area contributed by atoms with Crippen LogP contribution in [0.2, 0.25) is 0 Å². The van der Waals surface area contributed by atoms with Crippen LogP contribution < -0.4 is 5.32 Å². The Bertz CT molecular complexity index is 818. The Balaban J connectivity index is 1.56. The van der Waals surface area contributed by atoms with Crippen molar-refractivity contribution in [3.05, 3.63) is 66.3 Å². The van der Waals surface area contributed by atoms with Gasteiger partial charge in [-0.15, -0.1) is 0 Å². The summed E-state index contributed by atoms with van der Waals surface area (Å²) >= 11 is 0. The van der Waals surface area contributed by atoms with Crippen LogP contribution in [0.25, 0.3) is 11.4 Å². The summed E-state index contributed by atoms with van der Waals surface area (Å²) in [6.07, 6.45) is 5.98. The number of benzene rings is 1. The predicted molar refractivity (Wildman–Crippen MR) is 98.1 cm³/mol. The van der Waals surface area contributed by atoms with Crippen LogP contribution in [0.5, 0.6) is 0 Å². The number of carbonyl (C=O) groups excluding carboxylic acids is 1. The van der Waals surface area contributed by atoms with Crippen molar-refractivity contribution in [2.75, 3.05) is 0 Å².